The van der Waals surface area contributed by atoms with Gasteiger partial charge in [-0.3, -0.25) is 9.59 Å². The van der Waals surface area contributed by atoms with Gasteiger partial charge in [0.2, 0.25) is 5.91 Å². The minimum absolute atomic E-state index is 0.161. The van der Waals surface area contributed by atoms with E-state index in [9.17, 15) is 22.8 Å². The molecule has 0 aromatic heterocycles. The van der Waals surface area contributed by atoms with Gasteiger partial charge in [0.15, 0.2) is 5.75 Å². The number of alkyl halides is 3. The summed E-state index contributed by atoms with van der Waals surface area (Å²) >= 11 is 0. The summed E-state index contributed by atoms with van der Waals surface area (Å²) in [7, 11) is 0. The van der Waals surface area contributed by atoms with E-state index in [1.807, 2.05) is 36.4 Å². The van der Waals surface area contributed by atoms with Crippen molar-refractivity contribution in [2.24, 2.45) is 5.92 Å². The summed E-state index contributed by atoms with van der Waals surface area (Å²) in [6.45, 7) is 0.695. The van der Waals surface area contributed by atoms with Crippen molar-refractivity contribution in [3.8, 4) is 11.5 Å². The molecule has 4 rings (SSSR count). The molecule has 0 radical (unpaired) electrons. The first-order chi connectivity index (χ1) is 16.3. The highest BCUT2D eigenvalue weighted by molar-refractivity contribution is 5.96. The van der Waals surface area contributed by atoms with Gasteiger partial charge < -0.3 is 15.0 Å². The molecule has 3 aromatic rings. The van der Waals surface area contributed by atoms with Gasteiger partial charge in [-0.1, -0.05) is 30.3 Å². The second kappa shape index (κ2) is 9.99. The molecule has 1 aliphatic rings. The summed E-state index contributed by atoms with van der Waals surface area (Å²) in [6, 6.07) is 20.6. The molecule has 1 N–H and O–H groups in total. The third-order valence-electron chi connectivity index (χ3n) is 5.73. The van der Waals surface area contributed by atoms with Crippen LogP contribution in [0.2, 0.25) is 0 Å². The van der Waals surface area contributed by atoms with Crippen molar-refractivity contribution in [3.05, 3.63) is 90.0 Å². The van der Waals surface area contributed by atoms with E-state index in [1.165, 1.54) is 12.1 Å². The maximum Gasteiger partial charge on any atom is 0.416 e. The molecule has 5 nitrogen and oxygen atoms in total. The van der Waals surface area contributed by atoms with E-state index in [1.54, 1.807) is 23.1 Å². The predicted molar refractivity (Wildman–Crippen MR) is 122 cm³/mol. The maximum atomic E-state index is 12.9. The zero-order valence-electron chi connectivity index (χ0n) is 18.2. The molecule has 2 amide bonds. The monoisotopic (exact) mass is 468 g/mol. The van der Waals surface area contributed by atoms with Crippen LogP contribution in [0.3, 0.4) is 0 Å². The van der Waals surface area contributed by atoms with Crippen molar-refractivity contribution in [2.45, 2.75) is 19.0 Å². The Morgan fingerprint density at radius 2 is 1.47 bits per heavy atom. The van der Waals surface area contributed by atoms with Gasteiger partial charge in [-0.25, -0.2) is 0 Å². The second-order valence-electron chi connectivity index (χ2n) is 8.04. The van der Waals surface area contributed by atoms with E-state index in [2.05, 4.69) is 5.32 Å². The molecular formula is C26H23F3N2O3. The SMILES string of the molecule is O=C(Nc1ccccc1Oc1ccccc1)C1CCN(C(=O)c2ccc(C(F)(F)F)cc2)CC1. The number of para-hydroxylation sites is 3. The number of rotatable bonds is 5. The van der Waals surface area contributed by atoms with Crippen LogP contribution in [-0.4, -0.2) is 29.8 Å². The number of amides is 2. The zero-order chi connectivity index (χ0) is 24.1. The molecule has 1 saturated heterocycles. The fourth-order valence-electron chi connectivity index (χ4n) is 3.84. The lowest BCUT2D eigenvalue weighted by Crippen LogP contribution is -2.41. The summed E-state index contributed by atoms with van der Waals surface area (Å²) < 4.78 is 44.1. The molecule has 176 valence electrons. The molecule has 0 aliphatic carbocycles. The smallest absolute Gasteiger partial charge is 0.416 e. The Balaban J connectivity index is 1.34. The minimum Gasteiger partial charge on any atom is -0.455 e. The van der Waals surface area contributed by atoms with Crippen LogP contribution in [0.25, 0.3) is 0 Å². The molecule has 8 heteroatoms. The summed E-state index contributed by atoms with van der Waals surface area (Å²) in [4.78, 5) is 27.1. The average molecular weight is 468 g/mol. The third kappa shape index (κ3) is 5.57. The van der Waals surface area contributed by atoms with Gasteiger partial charge in [-0.05, 0) is 61.4 Å². The molecule has 1 fully saturated rings. The number of benzene rings is 3. The summed E-state index contributed by atoms with van der Waals surface area (Å²) in [5.74, 6) is 0.387. The number of carbonyl (C=O) groups excluding carboxylic acids is 2. The van der Waals surface area contributed by atoms with Gasteiger partial charge in [0, 0.05) is 24.6 Å². The van der Waals surface area contributed by atoms with E-state index in [-0.39, 0.29) is 23.3 Å². The number of ether oxygens (including phenoxy) is 1. The number of piperidine rings is 1. The molecule has 3 aromatic carbocycles. The number of carbonyl (C=O) groups is 2. The number of nitrogens with one attached hydrogen (secondary N) is 1. The van der Waals surface area contributed by atoms with Crippen molar-refractivity contribution < 1.29 is 27.5 Å². The number of anilines is 1. The highest BCUT2D eigenvalue weighted by Gasteiger charge is 2.31. The predicted octanol–water partition coefficient (Wildman–Crippen LogP) is 5.99. The minimum atomic E-state index is -4.45. The summed E-state index contributed by atoms with van der Waals surface area (Å²) in [5, 5.41) is 2.92. The Labute approximate surface area is 195 Å². The Morgan fingerprint density at radius 1 is 0.853 bits per heavy atom. The van der Waals surface area contributed by atoms with E-state index in [0.717, 1.165) is 12.1 Å². The third-order valence-corrected chi connectivity index (χ3v) is 5.73. The van der Waals surface area contributed by atoms with Gasteiger partial charge >= 0.3 is 6.18 Å². The van der Waals surface area contributed by atoms with Crippen molar-refractivity contribution in [2.75, 3.05) is 18.4 Å². The van der Waals surface area contributed by atoms with E-state index in [4.69, 9.17) is 4.74 Å². The number of halogens is 3. The fourth-order valence-corrected chi connectivity index (χ4v) is 3.84. The summed E-state index contributed by atoms with van der Waals surface area (Å²) in [5.41, 5.74) is -0.0431. The lowest BCUT2D eigenvalue weighted by molar-refractivity contribution is -0.137. The van der Waals surface area contributed by atoms with Crippen LogP contribution >= 0.6 is 0 Å². The number of nitrogens with zero attached hydrogens (tertiary/aromatic N) is 1. The molecular weight excluding hydrogens is 445 g/mol. The van der Waals surface area contributed by atoms with Crippen LogP contribution in [0.4, 0.5) is 18.9 Å². The standard InChI is InChI=1S/C26H23F3N2O3/c27-26(28,29)20-12-10-19(11-13-20)25(33)31-16-14-18(15-17-31)24(32)30-22-8-4-5-9-23(22)34-21-6-2-1-3-7-21/h1-13,18H,14-17H2,(H,30,32). The quantitative estimate of drug-likeness (QED) is 0.501. The Morgan fingerprint density at radius 3 is 2.12 bits per heavy atom. The van der Waals surface area contributed by atoms with Gasteiger partial charge in [0.25, 0.3) is 5.91 Å². The van der Waals surface area contributed by atoms with Gasteiger partial charge in [-0.2, -0.15) is 13.2 Å². The Kier molecular flexibility index (Phi) is 6.86. The molecule has 1 heterocycles. The highest BCUT2D eigenvalue weighted by atomic mass is 19.4. The van der Waals surface area contributed by atoms with Crippen molar-refractivity contribution in [3.63, 3.8) is 0 Å². The topological polar surface area (TPSA) is 58.6 Å². The van der Waals surface area contributed by atoms with Crippen LogP contribution < -0.4 is 10.1 Å². The average Bonchev–Trinajstić information content (AvgIpc) is 2.85. The highest BCUT2D eigenvalue weighted by Crippen LogP contribution is 2.31. The Bertz CT molecular complexity index is 1140. The molecule has 0 unspecified atom stereocenters. The second-order valence-corrected chi connectivity index (χ2v) is 8.04. The van der Waals surface area contributed by atoms with E-state index < -0.39 is 11.7 Å². The maximum absolute atomic E-state index is 12.9. The lowest BCUT2D eigenvalue weighted by atomic mass is 9.95. The molecule has 0 bridgehead atoms. The van der Waals surface area contributed by atoms with E-state index in [0.29, 0.717) is 43.1 Å². The van der Waals surface area contributed by atoms with Gasteiger partial charge in [0.1, 0.15) is 5.75 Å². The number of hydrogen-bond donors (Lipinski definition) is 1. The van der Waals surface area contributed by atoms with Gasteiger partial charge in [0.05, 0.1) is 11.3 Å². The van der Waals surface area contributed by atoms with Crippen LogP contribution in [0.15, 0.2) is 78.9 Å². The lowest BCUT2D eigenvalue weighted by Gasteiger charge is -2.31. The largest absolute Gasteiger partial charge is 0.455 e. The van der Waals surface area contributed by atoms with Gasteiger partial charge in [-0.15, -0.1) is 0 Å². The van der Waals surface area contributed by atoms with Crippen molar-refractivity contribution in [1.29, 1.82) is 0 Å². The summed E-state index contributed by atoms with van der Waals surface area (Å²) in [6.07, 6.45) is -3.53. The number of hydrogen-bond acceptors (Lipinski definition) is 3. The van der Waals surface area contributed by atoms with Crippen LogP contribution in [0, 0.1) is 5.92 Å². The van der Waals surface area contributed by atoms with Crippen molar-refractivity contribution in [1.82, 2.24) is 4.90 Å². The zero-order valence-corrected chi connectivity index (χ0v) is 18.2. The fraction of sp³-hybridized carbons (Fsp3) is 0.231. The first-order valence-corrected chi connectivity index (χ1v) is 10.9. The normalized spacial score (nSPS) is 14.5. The Hall–Kier alpha value is -3.81. The van der Waals surface area contributed by atoms with Crippen molar-refractivity contribution >= 4 is 17.5 Å². The molecule has 0 saturated carbocycles. The molecule has 34 heavy (non-hydrogen) atoms. The molecule has 1 aliphatic heterocycles. The van der Waals surface area contributed by atoms with Crippen LogP contribution in [-0.2, 0) is 11.0 Å². The number of likely N-dealkylation sites (tertiary alicyclic amines) is 1. The first-order valence-electron chi connectivity index (χ1n) is 10.9. The molecule has 0 spiro atoms. The van der Waals surface area contributed by atoms with Crippen LogP contribution in [0.5, 0.6) is 11.5 Å². The first kappa shape index (κ1) is 23.4. The molecule has 0 atom stereocenters. The van der Waals surface area contributed by atoms with Crippen LogP contribution in [0.1, 0.15) is 28.8 Å². The van der Waals surface area contributed by atoms with E-state index >= 15 is 0 Å².